The van der Waals surface area contributed by atoms with Gasteiger partial charge in [0.15, 0.2) is 0 Å². The number of nitrogens with one attached hydrogen (secondary N) is 1. The van der Waals surface area contributed by atoms with E-state index in [0.717, 1.165) is 45.3 Å². The second kappa shape index (κ2) is 15.9. The minimum Gasteiger partial charge on any atom is -0.326 e. The third-order valence-corrected chi connectivity index (χ3v) is 11.7. The first-order valence-corrected chi connectivity index (χ1v) is 18.3. The molecule has 0 unspecified atom stereocenters. The molecule has 3 aromatic carbocycles. The van der Waals surface area contributed by atoms with Gasteiger partial charge >= 0.3 is 0 Å². The lowest BCUT2D eigenvalue weighted by atomic mass is 9.90. The summed E-state index contributed by atoms with van der Waals surface area (Å²) in [7, 11) is -3.75. The Labute approximate surface area is 286 Å². The number of sulfonamides is 1. The number of nitrogens with zero attached hydrogens (tertiary/aromatic N) is 3. The molecule has 0 radical (unpaired) electrons. The molecule has 12 heteroatoms. The quantitative estimate of drug-likeness (QED) is 0.236. The van der Waals surface area contributed by atoms with E-state index in [9.17, 15) is 22.4 Å². The van der Waals surface area contributed by atoms with Gasteiger partial charge in [-0.3, -0.25) is 9.59 Å². The van der Waals surface area contributed by atoms with Crippen LogP contribution in [0.25, 0.3) is 0 Å². The van der Waals surface area contributed by atoms with Gasteiger partial charge in [0.2, 0.25) is 21.8 Å². The molecule has 252 valence electrons. The number of amides is 2. The molecule has 2 heterocycles. The Bertz CT molecular complexity index is 1640. The van der Waals surface area contributed by atoms with Crippen molar-refractivity contribution in [3.8, 4) is 0 Å². The molecule has 2 aliphatic heterocycles. The predicted octanol–water partition coefficient (Wildman–Crippen LogP) is 6.87. The number of halogens is 3. The summed E-state index contributed by atoms with van der Waals surface area (Å²) in [5.41, 5.74) is 2.37. The normalized spacial score (nSPS) is 17.0. The lowest BCUT2D eigenvalue weighted by Gasteiger charge is -2.35. The van der Waals surface area contributed by atoms with Gasteiger partial charge in [0.05, 0.1) is 14.9 Å². The highest BCUT2D eigenvalue weighted by atomic mass is 35.5. The van der Waals surface area contributed by atoms with E-state index >= 15 is 0 Å². The number of hydrogen-bond donors (Lipinski definition) is 1. The number of benzene rings is 3. The van der Waals surface area contributed by atoms with Crippen molar-refractivity contribution in [2.75, 3.05) is 49.5 Å². The van der Waals surface area contributed by atoms with Crippen LogP contribution < -0.4 is 10.2 Å². The lowest BCUT2D eigenvalue weighted by Crippen LogP contribution is -2.45. The first kappa shape index (κ1) is 35.3. The summed E-state index contributed by atoms with van der Waals surface area (Å²) in [6.45, 7) is 5.17. The van der Waals surface area contributed by atoms with Crippen LogP contribution in [0.3, 0.4) is 0 Å². The number of anilines is 2. The molecular weight excluding hydrogens is 662 g/mol. The molecule has 0 bridgehead atoms. The summed E-state index contributed by atoms with van der Waals surface area (Å²) in [6.07, 6.45) is 4.69. The van der Waals surface area contributed by atoms with Crippen LogP contribution in [0.15, 0.2) is 71.6 Å². The van der Waals surface area contributed by atoms with Crippen molar-refractivity contribution in [3.05, 3.63) is 88.2 Å². The third kappa shape index (κ3) is 9.32. The minimum absolute atomic E-state index is 0.0434. The molecule has 0 saturated carbocycles. The molecule has 0 atom stereocenters. The Hall–Kier alpha value is -3.02. The molecule has 0 aromatic heterocycles. The summed E-state index contributed by atoms with van der Waals surface area (Å²) in [5.74, 6) is -0.248. The van der Waals surface area contributed by atoms with Crippen LogP contribution >= 0.6 is 23.2 Å². The fourth-order valence-corrected chi connectivity index (χ4v) is 8.23. The van der Waals surface area contributed by atoms with E-state index in [1.807, 2.05) is 12.1 Å². The maximum absolute atomic E-state index is 14.0. The average Bonchev–Trinajstić information content (AvgIpc) is 3.06. The average molecular weight is 704 g/mol. The third-order valence-electron chi connectivity index (χ3n) is 9.10. The fourth-order valence-electron chi connectivity index (χ4n) is 6.47. The number of carbonyl (C=O) groups is 2. The summed E-state index contributed by atoms with van der Waals surface area (Å²) in [4.78, 5) is 29.6. The number of carbonyl (C=O) groups excluding carboxylic acids is 2. The van der Waals surface area contributed by atoms with Crippen molar-refractivity contribution in [2.45, 2.75) is 50.3 Å². The molecule has 5 rings (SSSR count). The highest BCUT2D eigenvalue weighted by molar-refractivity contribution is 7.89. The van der Waals surface area contributed by atoms with E-state index in [0.29, 0.717) is 46.7 Å². The number of likely N-dealkylation sites (tertiary alicyclic amines) is 1. The minimum atomic E-state index is -3.75. The Kier molecular flexibility index (Phi) is 12.0. The number of hydrogen-bond acceptors (Lipinski definition) is 5. The molecule has 2 fully saturated rings. The van der Waals surface area contributed by atoms with E-state index in [1.54, 1.807) is 35.2 Å². The van der Waals surface area contributed by atoms with Gasteiger partial charge in [-0.1, -0.05) is 35.3 Å². The van der Waals surface area contributed by atoms with E-state index in [4.69, 9.17) is 23.2 Å². The van der Waals surface area contributed by atoms with Crippen LogP contribution in [0, 0.1) is 17.7 Å². The van der Waals surface area contributed by atoms with Gasteiger partial charge in [-0.25, -0.2) is 12.8 Å². The Balaban J connectivity index is 1.16. The van der Waals surface area contributed by atoms with Crippen molar-refractivity contribution >= 4 is 56.4 Å². The zero-order chi connectivity index (χ0) is 33.6. The highest BCUT2D eigenvalue weighted by Gasteiger charge is 2.34. The molecule has 0 aliphatic carbocycles. The van der Waals surface area contributed by atoms with Crippen molar-refractivity contribution in [1.82, 2.24) is 9.21 Å². The van der Waals surface area contributed by atoms with Gasteiger partial charge in [0.25, 0.3) is 0 Å². The van der Waals surface area contributed by atoms with Crippen LogP contribution in [-0.2, 0) is 26.0 Å². The summed E-state index contributed by atoms with van der Waals surface area (Å²) >= 11 is 12.5. The van der Waals surface area contributed by atoms with Crippen molar-refractivity contribution < 1.29 is 22.4 Å². The summed E-state index contributed by atoms with van der Waals surface area (Å²) < 4.78 is 41.4. The van der Waals surface area contributed by atoms with Gasteiger partial charge in [-0.15, -0.1) is 0 Å². The zero-order valence-corrected chi connectivity index (χ0v) is 28.8. The van der Waals surface area contributed by atoms with E-state index in [-0.39, 0.29) is 41.5 Å². The first-order valence-electron chi connectivity index (χ1n) is 16.1. The summed E-state index contributed by atoms with van der Waals surface area (Å²) in [5, 5.41) is 3.42. The standard InChI is InChI=1S/C35H41Cl2FN4O4S/c1-25(43)39-30-7-10-32(11-8-30)47(45,46)41-21-15-28(16-22-41)35(44)42(31-9-12-33(36)34(37)24-31)18-2-17-40-19-13-27(14-20-40)23-26-3-5-29(38)6-4-26/h3-12,24,27-28H,2,13-23H2,1H3,(H,39,43). The maximum Gasteiger partial charge on any atom is 0.243 e. The van der Waals surface area contributed by atoms with Crippen molar-refractivity contribution in [1.29, 1.82) is 0 Å². The van der Waals surface area contributed by atoms with Gasteiger partial charge in [0.1, 0.15) is 5.82 Å². The molecule has 1 N–H and O–H groups in total. The van der Waals surface area contributed by atoms with Crippen LogP contribution in [0.1, 0.15) is 44.6 Å². The van der Waals surface area contributed by atoms with Crippen molar-refractivity contribution in [2.24, 2.45) is 11.8 Å². The van der Waals surface area contributed by atoms with Gasteiger partial charge in [-0.2, -0.15) is 4.31 Å². The largest absolute Gasteiger partial charge is 0.326 e. The molecule has 2 saturated heterocycles. The maximum atomic E-state index is 14.0. The molecule has 8 nitrogen and oxygen atoms in total. The Morgan fingerprint density at radius 3 is 2.17 bits per heavy atom. The van der Waals surface area contributed by atoms with Gasteiger partial charge in [0, 0.05) is 43.9 Å². The second-order valence-corrected chi connectivity index (χ2v) is 15.2. The predicted molar refractivity (Wildman–Crippen MR) is 185 cm³/mol. The van der Waals surface area contributed by atoms with E-state index in [1.165, 1.54) is 41.1 Å². The Morgan fingerprint density at radius 2 is 1.55 bits per heavy atom. The topological polar surface area (TPSA) is 90.0 Å². The molecule has 2 aliphatic rings. The molecule has 0 spiro atoms. The molecule has 47 heavy (non-hydrogen) atoms. The van der Waals surface area contributed by atoms with Crippen molar-refractivity contribution in [3.63, 3.8) is 0 Å². The van der Waals surface area contributed by atoms with Gasteiger partial charge < -0.3 is 15.1 Å². The fraction of sp³-hybridized carbons (Fsp3) is 0.429. The van der Waals surface area contributed by atoms with E-state index < -0.39 is 10.0 Å². The highest BCUT2D eigenvalue weighted by Crippen LogP contribution is 2.31. The van der Waals surface area contributed by atoms with Crippen LogP contribution in [0.2, 0.25) is 10.0 Å². The lowest BCUT2D eigenvalue weighted by molar-refractivity contribution is -0.123. The Morgan fingerprint density at radius 1 is 0.894 bits per heavy atom. The monoisotopic (exact) mass is 702 g/mol. The number of rotatable bonds is 11. The van der Waals surface area contributed by atoms with Crippen LogP contribution in [-0.4, -0.2) is 68.7 Å². The van der Waals surface area contributed by atoms with Crippen LogP contribution in [0.4, 0.5) is 15.8 Å². The SMILES string of the molecule is CC(=O)Nc1ccc(S(=O)(=O)N2CCC(C(=O)N(CCCN3CCC(Cc4ccc(F)cc4)CC3)c3ccc(Cl)c(Cl)c3)CC2)cc1. The van der Waals surface area contributed by atoms with Crippen LogP contribution in [0.5, 0.6) is 0 Å². The first-order chi connectivity index (χ1) is 22.5. The zero-order valence-electron chi connectivity index (χ0n) is 26.5. The second-order valence-electron chi connectivity index (χ2n) is 12.4. The van der Waals surface area contributed by atoms with E-state index in [2.05, 4.69) is 10.2 Å². The summed E-state index contributed by atoms with van der Waals surface area (Å²) in [6, 6.07) is 18.1. The molecular formula is C35H41Cl2FN4O4S. The van der Waals surface area contributed by atoms with Gasteiger partial charge in [-0.05, 0) is 124 Å². The smallest absolute Gasteiger partial charge is 0.243 e. The number of piperidine rings is 2. The molecule has 3 aromatic rings. The molecule has 2 amide bonds.